The summed E-state index contributed by atoms with van der Waals surface area (Å²) in [7, 11) is 0. The van der Waals surface area contributed by atoms with Crippen molar-refractivity contribution in [2.75, 3.05) is 0 Å². The first-order valence-electron chi connectivity index (χ1n) is 1.25. The van der Waals surface area contributed by atoms with Gasteiger partial charge in [-0.05, 0) is 0 Å². The summed E-state index contributed by atoms with van der Waals surface area (Å²) < 4.78 is 31.7. The standard InChI is InChI=1S/C2H3F3O.K.H/c3-1(4)2(5)6;;/h1-2,6H;;. The minimum atomic E-state index is -3.26. The molecule has 0 radical (unpaired) electrons. The molecule has 0 aliphatic heterocycles. The van der Waals surface area contributed by atoms with E-state index in [0.29, 0.717) is 0 Å². The number of halogens is 3. The van der Waals surface area contributed by atoms with E-state index < -0.39 is 12.8 Å². The van der Waals surface area contributed by atoms with Crippen LogP contribution in [0.2, 0.25) is 0 Å². The van der Waals surface area contributed by atoms with Crippen LogP contribution in [0.25, 0.3) is 0 Å². The molecule has 0 fully saturated rings. The van der Waals surface area contributed by atoms with Gasteiger partial charge in [0.1, 0.15) is 0 Å². The maximum absolute atomic E-state index is 10.6. The van der Waals surface area contributed by atoms with Gasteiger partial charge in [0, 0.05) is 0 Å². The molecular formula is C2H4F3KO. The predicted molar refractivity (Wildman–Crippen MR) is 20.3 cm³/mol. The van der Waals surface area contributed by atoms with Crippen molar-refractivity contribution in [3.05, 3.63) is 0 Å². The molecule has 7 heavy (non-hydrogen) atoms. The van der Waals surface area contributed by atoms with Crippen LogP contribution in [0, 0.1) is 0 Å². The zero-order valence-corrected chi connectivity index (χ0v) is 2.74. The number of rotatable bonds is 1. The van der Waals surface area contributed by atoms with Crippen LogP contribution in [0.15, 0.2) is 0 Å². The Morgan fingerprint density at radius 1 is 1.14 bits per heavy atom. The van der Waals surface area contributed by atoms with Crippen molar-refractivity contribution < 1.29 is 18.3 Å². The van der Waals surface area contributed by atoms with E-state index in [2.05, 4.69) is 0 Å². The molecule has 0 aliphatic rings. The SMILES string of the molecule is OC(F)C(F)F.[KH]. The van der Waals surface area contributed by atoms with Gasteiger partial charge in [0.05, 0.1) is 0 Å². The van der Waals surface area contributed by atoms with Crippen molar-refractivity contribution in [1.82, 2.24) is 0 Å². The number of alkyl halides is 3. The average Bonchev–Trinajstić information content (AvgIpc) is 1.36. The average molecular weight is 140 g/mol. The Morgan fingerprint density at radius 3 is 1.29 bits per heavy atom. The summed E-state index contributed by atoms with van der Waals surface area (Å²) >= 11 is 0. The van der Waals surface area contributed by atoms with Crippen molar-refractivity contribution in [2.24, 2.45) is 0 Å². The zero-order chi connectivity index (χ0) is 5.15. The van der Waals surface area contributed by atoms with Gasteiger partial charge in [-0.15, -0.1) is 0 Å². The number of hydrogen-bond acceptors (Lipinski definition) is 1. The molecule has 1 nitrogen and oxygen atoms in total. The molecule has 0 bridgehead atoms. The monoisotopic (exact) mass is 140 g/mol. The fourth-order valence-corrected chi connectivity index (χ4v) is 0. The summed E-state index contributed by atoms with van der Waals surface area (Å²) in [5.41, 5.74) is 0. The zero-order valence-electron chi connectivity index (χ0n) is 2.74. The van der Waals surface area contributed by atoms with Gasteiger partial charge in [0.2, 0.25) is 0 Å². The van der Waals surface area contributed by atoms with Crippen molar-refractivity contribution in [3.63, 3.8) is 0 Å². The molecule has 1 N–H and O–H groups in total. The van der Waals surface area contributed by atoms with Crippen molar-refractivity contribution in [1.29, 1.82) is 0 Å². The molecule has 1 atom stereocenters. The van der Waals surface area contributed by atoms with Gasteiger partial charge >= 0.3 is 51.4 Å². The van der Waals surface area contributed by atoms with Crippen LogP contribution in [0.5, 0.6) is 0 Å². The Bertz CT molecular complexity index is 33.9. The normalized spacial score (nSPS) is 13.3. The number of hydrogen-bond donors (Lipinski definition) is 1. The molecule has 5 heteroatoms. The molecule has 0 aromatic heterocycles. The molecule has 0 amide bonds. The van der Waals surface area contributed by atoms with Crippen LogP contribution in [-0.2, 0) is 0 Å². The minimum absolute atomic E-state index is 0. The molecule has 0 spiro atoms. The summed E-state index contributed by atoms with van der Waals surface area (Å²) in [5, 5.41) is 7.21. The van der Waals surface area contributed by atoms with Gasteiger partial charge in [-0.2, -0.15) is 0 Å². The molecule has 0 aliphatic carbocycles. The second-order valence-corrected chi connectivity index (χ2v) is 0.707. The third-order valence-corrected chi connectivity index (χ3v) is 0.208. The van der Waals surface area contributed by atoms with Crippen molar-refractivity contribution in [2.45, 2.75) is 12.8 Å². The first-order chi connectivity index (χ1) is 2.64. The first kappa shape index (κ1) is 11.2. The summed E-state index contributed by atoms with van der Waals surface area (Å²) in [5.74, 6) is 0. The summed E-state index contributed by atoms with van der Waals surface area (Å²) in [6.07, 6.45) is -6.24. The van der Waals surface area contributed by atoms with Gasteiger partial charge in [0.25, 0.3) is 12.8 Å². The van der Waals surface area contributed by atoms with Crippen LogP contribution < -0.4 is 0 Å². The van der Waals surface area contributed by atoms with E-state index in [1.54, 1.807) is 0 Å². The Hall–Kier alpha value is 1.39. The molecule has 0 rings (SSSR count). The molecule has 0 heterocycles. The van der Waals surface area contributed by atoms with Crippen LogP contribution in [0.4, 0.5) is 13.2 Å². The third kappa shape index (κ3) is 7.39. The van der Waals surface area contributed by atoms with Gasteiger partial charge < -0.3 is 5.11 Å². The molecule has 0 saturated carbocycles. The Labute approximate surface area is 81.3 Å². The van der Waals surface area contributed by atoms with E-state index in [1.165, 1.54) is 0 Å². The fraction of sp³-hybridized carbons (Fsp3) is 1.00. The van der Waals surface area contributed by atoms with Crippen molar-refractivity contribution in [3.8, 4) is 0 Å². The summed E-state index contributed by atoms with van der Waals surface area (Å²) in [6, 6.07) is 0. The third-order valence-electron chi connectivity index (χ3n) is 0.208. The topological polar surface area (TPSA) is 20.2 Å². The van der Waals surface area contributed by atoms with Crippen LogP contribution >= 0.6 is 0 Å². The molecule has 40 valence electrons. The van der Waals surface area contributed by atoms with E-state index in [4.69, 9.17) is 5.11 Å². The molecular weight excluding hydrogens is 136 g/mol. The van der Waals surface area contributed by atoms with E-state index in [-0.39, 0.29) is 51.4 Å². The second-order valence-electron chi connectivity index (χ2n) is 0.707. The Balaban J connectivity index is 0. The Kier molecular flexibility index (Phi) is 8.85. The molecule has 0 saturated heterocycles. The predicted octanol–water partition coefficient (Wildman–Crippen LogP) is -0.109. The number of aliphatic hydroxyl groups is 1. The van der Waals surface area contributed by atoms with E-state index in [1.807, 2.05) is 0 Å². The molecule has 0 aromatic rings. The van der Waals surface area contributed by atoms with E-state index >= 15 is 0 Å². The quantitative estimate of drug-likeness (QED) is 0.504. The fourth-order valence-electron chi connectivity index (χ4n) is 0. The van der Waals surface area contributed by atoms with E-state index in [0.717, 1.165) is 0 Å². The van der Waals surface area contributed by atoms with Crippen LogP contribution in [0.1, 0.15) is 0 Å². The number of aliphatic hydroxyl groups excluding tert-OH is 1. The van der Waals surface area contributed by atoms with E-state index in [9.17, 15) is 13.2 Å². The summed E-state index contributed by atoms with van der Waals surface area (Å²) in [4.78, 5) is 0. The first-order valence-corrected chi connectivity index (χ1v) is 1.25. The van der Waals surface area contributed by atoms with Crippen LogP contribution in [0.3, 0.4) is 0 Å². The Morgan fingerprint density at radius 2 is 1.29 bits per heavy atom. The van der Waals surface area contributed by atoms with Crippen molar-refractivity contribution >= 4 is 51.4 Å². The molecule has 1 unspecified atom stereocenters. The second kappa shape index (κ2) is 5.52. The maximum atomic E-state index is 10.6. The van der Waals surface area contributed by atoms with Crippen LogP contribution in [-0.4, -0.2) is 69.3 Å². The summed E-state index contributed by atoms with van der Waals surface area (Å²) in [6.45, 7) is 0. The van der Waals surface area contributed by atoms with Gasteiger partial charge in [-0.3, -0.25) is 0 Å². The molecule has 0 aromatic carbocycles. The van der Waals surface area contributed by atoms with Gasteiger partial charge in [0.15, 0.2) is 0 Å². The van der Waals surface area contributed by atoms with Gasteiger partial charge in [-0.25, -0.2) is 13.2 Å². The van der Waals surface area contributed by atoms with Gasteiger partial charge in [-0.1, -0.05) is 0 Å².